The number of carbonyl (C=O) groups is 1. The van der Waals surface area contributed by atoms with Gasteiger partial charge in [0.15, 0.2) is 9.84 Å². The number of piperidine rings is 2. The van der Waals surface area contributed by atoms with E-state index in [0.29, 0.717) is 22.9 Å². The minimum Gasteiger partial charge on any atom is -0.366 e. The molecule has 1 amide bonds. The summed E-state index contributed by atoms with van der Waals surface area (Å²) in [6.07, 6.45) is 6.87. The number of hydrogen-bond acceptors (Lipinski definition) is 6. The van der Waals surface area contributed by atoms with Crippen molar-refractivity contribution >= 4 is 21.4 Å². The molecule has 3 aliphatic heterocycles. The van der Waals surface area contributed by atoms with Crippen LogP contribution in [0.25, 0.3) is 0 Å². The van der Waals surface area contributed by atoms with Crippen molar-refractivity contribution < 1.29 is 13.2 Å². The van der Waals surface area contributed by atoms with Crippen LogP contribution < -0.4 is 10.6 Å². The van der Waals surface area contributed by atoms with E-state index in [0.717, 1.165) is 44.2 Å². The molecular weight excluding hydrogens is 400 g/mol. The van der Waals surface area contributed by atoms with Crippen molar-refractivity contribution in [2.24, 2.45) is 17.6 Å². The van der Waals surface area contributed by atoms with Crippen LogP contribution in [0.3, 0.4) is 0 Å². The molecule has 0 aromatic heterocycles. The maximum atomic E-state index is 13.1. The Morgan fingerprint density at radius 2 is 1.77 bits per heavy atom. The van der Waals surface area contributed by atoms with Crippen LogP contribution in [0.1, 0.15) is 38.5 Å². The Morgan fingerprint density at radius 1 is 1.13 bits per heavy atom. The smallest absolute Gasteiger partial charge is 0.241 e. The van der Waals surface area contributed by atoms with E-state index in [1.54, 1.807) is 17.0 Å². The summed E-state index contributed by atoms with van der Waals surface area (Å²) in [7, 11) is -3.21. The van der Waals surface area contributed by atoms with Crippen LogP contribution in [0.2, 0.25) is 0 Å². The molecule has 4 fully saturated rings. The van der Waals surface area contributed by atoms with Crippen LogP contribution in [0.4, 0.5) is 5.69 Å². The molecule has 1 aromatic carbocycles. The van der Waals surface area contributed by atoms with Crippen LogP contribution in [0.5, 0.6) is 0 Å². The number of likely N-dealkylation sites (tertiary alicyclic amines) is 1. The normalized spacial score (nSPS) is 35.6. The molecule has 8 heteroatoms. The maximum absolute atomic E-state index is 13.1. The first-order chi connectivity index (χ1) is 14.3. The molecule has 2 bridgehead atoms. The van der Waals surface area contributed by atoms with E-state index in [-0.39, 0.29) is 23.9 Å². The lowest BCUT2D eigenvalue weighted by atomic mass is 9.84. The zero-order chi connectivity index (χ0) is 21.2. The quantitative estimate of drug-likeness (QED) is 0.782. The molecule has 7 nitrogen and oxygen atoms in total. The van der Waals surface area contributed by atoms with Crippen molar-refractivity contribution in [2.45, 2.75) is 73.6 Å². The van der Waals surface area contributed by atoms with Crippen molar-refractivity contribution in [2.75, 3.05) is 11.2 Å². The minimum absolute atomic E-state index is 0.0399. The Morgan fingerprint density at radius 3 is 2.33 bits per heavy atom. The third-order valence-corrected chi connectivity index (χ3v) is 8.76. The molecule has 0 radical (unpaired) electrons. The van der Waals surface area contributed by atoms with Crippen molar-refractivity contribution in [3.05, 3.63) is 24.3 Å². The second-order valence-electron chi connectivity index (χ2n) is 9.50. The molecule has 2 N–H and O–H groups in total. The van der Waals surface area contributed by atoms with E-state index >= 15 is 0 Å². The SMILES string of the molecule is CS(=O)(=O)c1ccc(N2[C@H]3CC[C@H]2CC([C@H](N)C(=O)N2[C@H](C#N)C[C@@H]4C[C@@H]42)C3)cc1. The van der Waals surface area contributed by atoms with Gasteiger partial charge >= 0.3 is 0 Å². The highest BCUT2D eigenvalue weighted by atomic mass is 32.2. The predicted molar refractivity (Wildman–Crippen MR) is 112 cm³/mol. The lowest BCUT2D eigenvalue weighted by Gasteiger charge is -2.42. The average molecular weight is 429 g/mol. The first-order valence-electron chi connectivity index (χ1n) is 10.8. The summed E-state index contributed by atoms with van der Waals surface area (Å²) < 4.78 is 23.5. The second-order valence-corrected chi connectivity index (χ2v) is 11.5. The number of nitrogens with two attached hydrogens (primary N) is 1. The van der Waals surface area contributed by atoms with E-state index in [1.807, 2.05) is 12.1 Å². The van der Waals surface area contributed by atoms with Gasteiger partial charge in [0.2, 0.25) is 5.91 Å². The van der Waals surface area contributed by atoms with Crippen molar-refractivity contribution in [1.82, 2.24) is 4.90 Å². The standard InChI is InChI=1S/C22H28N4O3S/c1-30(28,29)19-6-4-15(5-7-19)25-16-2-3-17(25)10-14(9-16)21(24)22(27)26-18(12-23)8-13-11-20(13)26/h4-7,13-14,16-18,20-21H,2-3,8-11,24H2,1H3/t13-,16+,17+,18+,20+,21+/m1/s1. The van der Waals surface area contributed by atoms with Crippen LogP contribution in [-0.2, 0) is 14.6 Å². The Bertz CT molecular complexity index is 988. The van der Waals surface area contributed by atoms with E-state index in [1.165, 1.54) is 6.26 Å². The Hall–Kier alpha value is -2.11. The molecule has 0 unspecified atom stereocenters. The molecule has 1 aliphatic carbocycles. The number of amides is 1. The first kappa shape index (κ1) is 19.8. The van der Waals surface area contributed by atoms with Gasteiger partial charge in [0.25, 0.3) is 0 Å². The number of anilines is 1. The highest BCUT2D eigenvalue weighted by Crippen LogP contribution is 2.49. The minimum atomic E-state index is -3.21. The number of rotatable bonds is 4. The third kappa shape index (κ3) is 3.19. The van der Waals surface area contributed by atoms with E-state index < -0.39 is 15.9 Å². The summed E-state index contributed by atoms with van der Waals surface area (Å²) in [5, 5.41) is 9.41. The number of nitrogens with zero attached hydrogens (tertiary/aromatic N) is 3. The maximum Gasteiger partial charge on any atom is 0.241 e. The van der Waals surface area contributed by atoms with Crippen LogP contribution in [0.15, 0.2) is 29.2 Å². The van der Waals surface area contributed by atoms with Crippen LogP contribution in [-0.4, -0.2) is 55.7 Å². The fraction of sp³-hybridized carbons (Fsp3) is 0.636. The summed E-state index contributed by atoms with van der Waals surface area (Å²) in [4.78, 5) is 17.7. The molecule has 160 valence electrons. The molecule has 1 saturated carbocycles. The summed E-state index contributed by atoms with van der Waals surface area (Å²) in [6.45, 7) is 0. The summed E-state index contributed by atoms with van der Waals surface area (Å²) in [5.41, 5.74) is 7.53. The highest BCUT2D eigenvalue weighted by Gasteiger charge is 2.55. The number of sulfone groups is 1. The number of benzene rings is 1. The monoisotopic (exact) mass is 428 g/mol. The predicted octanol–water partition coefficient (Wildman–Crippen LogP) is 1.68. The molecule has 3 saturated heterocycles. The molecule has 4 aliphatic rings. The van der Waals surface area contributed by atoms with Gasteiger partial charge < -0.3 is 15.5 Å². The van der Waals surface area contributed by atoms with Gasteiger partial charge in [-0.25, -0.2) is 8.42 Å². The number of hydrogen-bond donors (Lipinski definition) is 1. The fourth-order valence-electron chi connectivity index (χ4n) is 6.06. The van der Waals surface area contributed by atoms with Gasteiger partial charge in [0.05, 0.1) is 17.0 Å². The number of fused-ring (bicyclic) bond motifs is 3. The Balaban J connectivity index is 1.29. The summed E-state index contributed by atoms with van der Waals surface area (Å²) >= 11 is 0. The Labute approximate surface area is 177 Å². The van der Waals surface area contributed by atoms with Gasteiger partial charge in [-0.15, -0.1) is 0 Å². The molecule has 1 aromatic rings. The van der Waals surface area contributed by atoms with E-state index in [2.05, 4.69) is 11.0 Å². The number of nitriles is 1. The zero-order valence-electron chi connectivity index (χ0n) is 17.1. The van der Waals surface area contributed by atoms with Gasteiger partial charge in [0.1, 0.15) is 6.04 Å². The lowest BCUT2D eigenvalue weighted by Crippen LogP contribution is -2.54. The Kier molecular flexibility index (Phi) is 4.60. The fourth-order valence-corrected chi connectivity index (χ4v) is 6.69. The van der Waals surface area contributed by atoms with Gasteiger partial charge in [-0.1, -0.05) is 0 Å². The topological polar surface area (TPSA) is 108 Å². The first-order valence-corrected chi connectivity index (χ1v) is 12.7. The number of carbonyl (C=O) groups excluding carboxylic acids is 1. The second kappa shape index (κ2) is 6.96. The van der Waals surface area contributed by atoms with Crippen molar-refractivity contribution in [1.29, 1.82) is 5.26 Å². The van der Waals surface area contributed by atoms with E-state index in [4.69, 9.17) is 5.73 Å². The molecule has 3 heterocycles. The molecule has 0 spiro atoms. The molecular formula is C22H28N4O3S. The van der Waals surface area contributed by atoms with Crippen molar-refractivity contribution in [3.63, 3.8) is 0 Å². The molecule has 30 heavy (non-hydrogen) atoms. The van der Waals surface area contributed by atoms with Crippen molar-refractivity contribution in [3.8, 4) is 6.07 Å². The highest BCUT2D eigenvalue weighted by molar-refractivity contribution is 7.90. The van der Waals surface area contributed by atoms with Gasteiger partial charge in [-0.3, -0.25) is 4.79 Å². The van der Waals surface area contributed by atoms with Gasteiger partial charge in [-0.05, 0) is 74.6 Å². The van der Waals surface area contributed by atoms with E-state index in [9.17, 15) is 18.5 Å². The lowest BCUT2D eigenvalue weighted by molar-refractivity contribution is -0.135. The largest absolute Gasteiger partial charge is 0.366 e. The van der Waals surface area contributed by atoms with Gasteiger partial charge in [0, 0.05) is 30.1 Å². The van der Waals surface area contributed by atoms with Crippen LogP contribution in [0, 0.1) is 23.2 Å². The molecule has 6 atom stereocenters. The van der Waals surface area contributed by atoms with Crippen LogP contribution >= 0.6 is 0 Å². The molecule has 5 rings (SSSR count). The average Bonchev–Trinajstić information content (AvgIpc) is 3.31. The van der Waals surface area contributed by atoms with Gasteiger partial charge in [-0.2, -0.15) is 5.26 Å². The third-order valence-electron chi connectivity index (χ3n) is 7.63. The summed E-state index contributed by atoms with van der Waals surface area (Å²) in [6, 6.07) is 9.43. The zero-order valence-corrected chi connectivity index (χ0v) is 18.0. The summed E-state index contributed by atoms with van der Waals surface area (Å²) in [5.74, 6) is 0.583.